The van der Waals surface area contributed by atoms with Crippen molar-refractivity contribution in [2.24, 2.45) is 0 Å². The van der Waals surface area contributed by atoms with Gasteiger partial charge in [-0.25, -0.2) is 8.42 Å². The fraction of sp³-hybridized carbons (Fsp3) is 0.176. The molecule has 0 atom stereocenters. The number of sulfone groups is 1. The van der Waals surface area contributed by atoms with E-state index in [1.165, 1.54) is 0 Å². The number of hydrogen-bond acceptors (Lipinski definition) is 4. The highest BCUT2D eigenvalue weighted by atomic mass is 32.2. The first-order valence-corrected chi connectivity index (χ1v) is 8.69. The van der Waals surface area contributed by atoms with E-state index in [1.807, 2.05) is 13.0 Å². The van der Waals surface area contributed by atoms with Crippen molar-refractivity contribution in [3.05, 3.63) is 65.7 Å². The predicted molar refractivity (Wildman–Crippen MR) is 88.0 cm³/mol. The van der Waals surface area contributed by atoms with Crippen molar-refractivity contribution in [1.29, 1.82) is 0 Å². The number of anilines is 1. The summed E-state index contributed by atoms with van der Waals surface area (Å²) >= 11 is 0. The molecule has 3 aromatic rings. The van der Waals surface area contributed by atoms with Crippen LogP contribution in [0, 0.1) is 13.8 Å². The number of rotatable bonds is 4. The first kappa shape index (κ1) is 15.4. The average molecular weight is 330 g/mol. The lowest BCUT2D eigenvalue weighted by atomic mass is 10.3. The van der Waals surface area contributed by atoms with Crippen LogP contribution >= 0.6 is 0 Å². The number of nitrogen functional groups attached to an aromatic ring is 1. The van der Waals surface area contributed by atoms with E-state index >= 15 is 0 Å². The maximum Gasteiger partial charge on any atom is 0.210 e. The van der Waals surface area contributed by atoms with Crippen LogP contribution in [0.4, 0.5) is 5.82 Å². The van der Waals surface area contributed by atoms with Crippen molar-refractivity contribution in [1.82, 2.24) is 4.57 Å². The molecular formula is C17H18N2O3S. The lowest BCUT2D eigenvalue weighted by Gasteiger charge is -2.08. The molecule has 0 radical (unpaired) electrons. The quantitative estimate of drug-likeness (QED) is 0.797. The van der Waals surface area contributed by atoms with Gasteiger partial charge in [-0.2, -0.15) is 0 Å². The molecule has 0 spiro atoms. The van der Waals surface area contributed by atoms with E-state index in [2.05, 4.69) is 0 Å². The Morgan fingerprint density at radius 2 is 1.78 bits per heavy atom. The van der Waals surface area contributed by atoms with Gasteiger partial charge >= 0.3 is 0 Å². The van der Waals surface area contributed by atoms with Crippen molar-refractivity contribution < 1.29 is 12.8 Å². The second kappa shape index (κ2) is 5.62. The van der Waals surface area contributed by atoms with Crippen LogP contribution in [-0.2, 0) is 16.4 Å². The van der Waals surface area contributed by atoms with E-state index in [0.717, 1.165) is 11.5 Å². The van der Waals surface area contributed by atoms with Gasteiger partial charge < -0.3 is 14.7 Å². The minimum atomic E-state index is -3.66. The van der Waals surface area contributed by atoms with Gasteiger partial charge in [0.2, 0.25) is 9.84 Å². The molecule has 1 aromatic carbocycles. The Balaban J connectivity index is 2.14. The van der Waals surface area contributed by atoms with Gasteiger partial charge in [0.25, 0.3) is 0 Å². The Morgan fingerprint density at radius 3 is 2.39 bits per heavy atom. The molecule has 0 unspecified atom stereocenters. The number of furan rings is 1. The van der Waals surface area contributed by atoms with Gasteiger partial charge in [-0.3, -0.25) is 0 Å². The van der Waals surface area contributed by atoms with Crippen LogP contribution in [0.5, 0.6) is 0 Å². The molecule has 0 aliphatic rings. The zero-order chi connectivity index (χ0) is 16.6. The Hall–Kier alpha value is -2.47. The van der Waals surface area contributed by atoms with E-state index in [9.17, 15) is 8.42 Å². The SMILES string of the molecule is Cc1c(S(=O)(=O)c2ccccc2)c(N)n(Cc2ccco2)c1C. The fourth-order valence-electron chi connectivity index (χ4n) is 2.68. The van der Waals surface area contributed by atoms with E-state index in [4.69, 9.17) is 10.2 Å². The van der Waals surface area contributed by atoms with Crippen LogP contribution in [0.2, 0.25) is 0 Å². The van der Waals surface area contributed by atoms with Crippen LogP contribution in [0.25, 0.3) is 0 Å². The van der Waals surface area contributed by atoms with Gasteiger partial charge in [0, 0.05) is 5.69 Å². The molecule has 23 heavy (non-hydrogen) atoms. The maximum atomic E-state index is 12.9. The Labute approximate surface area is 135 Å². The van der Waals surface area contributed by atoms with Crippen LogP contribution in [-0.4, -0.2) is 13.0 Å². The maximum absolute atomic E-state index is 12.9. The fourth-order valence-corrected chi connectivity index (χ4v) is 4.37. The normalized spacial score (nSPS) is 11.7. The molecule has 0 amide bonds. The zero-order valence-corrected chi connectivity index (χ0v) is 13.8. The molecule has 0 bridgehead atoms. The molecule has 0 saturated carbocycles. The lowest BCUT2D eigenvalue weighted by molar-refractivity contribution is 0.492. The van der Waals surface area contributed by atoms with Gasteiger partial charge in [0.15, 0.2) is 0 Å². The van der Waals surface area contributed by atoms with Gasteiger partial charge in [0.1, 0.15) is 16.5 Å². The second-order valence-corrected chi connectivity index (χ2v) is 7.29. The van der Waals surface area contributed by atoms with Crippen molar-refractivity contribution in [2.45, 2.75) is 30.2 Å². The Morgan fingerprint density at radius 1 is 1.09 bits per heavy atom. The van der Waals surface area contributed by atoms with Crippen LogP contribution in [0.1, 0.15) is 17.0 Å². The molecule has 120 valence electrons. The van der Waals surface area contributed by atoms with Crippen molar-refractivity contribution in [2.75, 3.05) is 5.73 Å². The van der Waals surface area contributed by atoms with Crippen molar-refractivity contribution in [3.8, 4) is 0 Å². The molecule has 0 aliphatic heterocycles. The van der Waals surface area contributed by atoms with Crippen LogP contribution < -0.4 is 5.73 Å². The first-order chi connectivity index (χ1) is 10.9. The van der Waals surface area contributed by atoms with Crippen molar-refractivity contribution in [3.63, 3.8) is 0 Å². The molecule has 0 saturated heterocycles. The highest BCUT2D eigenvalue weighted by Crippen LogP contribution is 2.33. The van der Waals surface area contributed by atoms with Crippen LogP contribution in [0.15, 0.2) is 62.9 Å². The Kier molecular flexibility index (Phi) is 3.77. The van der Waals surface area contributed by atoms with Crippen molar-refractivity contribution >= 4 is 15.7 Å². The third-order valence-electron chi connectivity index (χ3n) is 4.03. The minimum absolute atomic E-state index is 0.174. The summed E-state index contributed by atoms with van der Waals surface area (Å²) in [6, 6.07) is 12.0. The first-order valence-electron chi connectivity index (χ1n) is 7.20. The number of benzene rings is 1. The molecule has 2 heterocycles. The van der Waals surface area contributed by atoms with E-state index in [-0.39, 0.29) is 15.6 Å². The van der Waals surface area contributed by atoms with Gasteiger partial charge in [0.05, 0.1) is 17.7 Å². The molecule has 6 heteroatoms. The minimum Gasteiger partial charge on any atom is -0.467 e. The molecule has 2 aromatic heterocycles. The number of hydrogen-bond donors (Lipinski definition) is 1. The van der Waals surface area contributed by atoms with Gasteiger partial charge in [-0.1, -0.05) is 18.2 Å². The summed E-state index contributed by atoms with van der Waals surface area (Å²) in [6.07, 6.45) is 1.58. The molecule has 5 nitrogen and oxygen atoms in total. The largest absolute Gasteiger partial charge is 0.467 e. The van der Waals surface area contributed by atoms with E-state index in [1.54, 1.807) is 54.2 Å². The summed E-state index contributed by atoms with van der Waals surface area (Å²) in [5.74, 6) is 0.957. The molecule has 3 rings (SSSR count). The molecule has 0 fully saturated rings. The number of aromatic nitrogens is 1. The topological polar surface area (TPSA) is 78.2 Å². The number of nitrogens with zero attached hydrogens (tertiary/aromatic N) is 1. The average Bonchev–Trinajstić information content (AvgIpc) is 3.12. The summed E-state index contributed by atoms with van der Waals surface area (Å²) in [6.45, 7) is 4.04. The van der Waals surface area contributed by atoms with E-state index in [0.29, 0.717) is 12.1 Å². The summed E-state index contributed by atoms with van der Waals surface area (Å²) in [5, 5.41) is 0. The second-order valence-electron chi connectivity index (χ2n) is 5.41. The monoisotopic (exact) mass is 330 g/mol. The smallest absolute Gasteiger partial charge is 0.210 e. The lowest BCUT2D eigenvalue weighted by Crippen LogP contribution is -2.09. The molecule has 0 aliphatic carbocycles. The Bertz CT molecular complexity index is 924. The molecule has 2 N–H and O–H groups in total. The summed E-state index contributed by atoms with van der Waals surface area (Å²) in [5.41, 5.74) is 7.67. The highest BCUT2D eigenvalue weighted by molar-refractivity contribution is 7.91. The summed E-state index contributed by atoms with van der Waals surface area (Å²) in [7, 11) is -3.66. The molecular weight excluding hydrogens is 312 g/mol. The highest BCUT2D eigenvalue weighted by Gasteiger charge is 2.28. The third-order valence-corrected chi connectivity index (χ3v) is 5.97. The van der Waals surface area contributed by atoms with E-state index < -0.39 is 9.84 Å². The summed E-state index contributed by atoms with van der Waals surface area (Å²) < 4.78 is 33.0. The standard InChI is InChI=1S/C17H18N2O3S/c1-12-13(2)19(11-14-7-6-10-22-14)17(18)16(12)23(20,21)15-8-4-3-5-9-15/h3-10H,11,18H2,1-2H3. The predicted octanol–water partition coefficient (Wildman–Crippen LogP) is 3.16. The number of nitrogens with two attached hydrogens (primary N) is 1. The van der Waals surface area contributed by atoms with Gasteiger partial charge in [-0.15, -0.1) is 0 Å². The third kappa shape index (κ3) is 2.55. The summed E-state index contributed by atoms with van der Waals surface area (Å²) in [4.78, 5) is 0.415. The van der Waals surface area contributed by atoms with Gasteiger partial charge in [-0.05, 0) is 43.7 Å². The van der Waals surface area contributed by atoms with Crippen LogP contribution in [0.3, 0.4) is 0 Å². The zero-order valence-electron chi connectivity index (χ0n) is 13.0.